The summed E-state index contributed by atoms with van der Waals surface area (Å²) in [7, 11) is 0. The zero-order valence-electron chi connectivity index (χ0n) is 21.3. The lowest BCUT2D eigenvalue weighted by atomic mass is 9.78. The molecule has 0 fully saturated rings. The van der Waals surface area contributed by atoms with Crippen molar-refractivity contribution in [3.63, 3.8) is 0 Å². The molecule has 6 heteroatoms. The second kappa shape index (κ2) is 9.95. The zero-order chi connectivity index (χ0) is 25.3. The number of aromatic hydroxyl groups is 1. The molecule has 34 heavy (non-hydrogen) atoms. The van der Waals surface area contributed by atoms with Gasteiger partial charge in [0, 0.05) is 28.6 Å². The molecule has 0 aliphatic rings. The Labute approximate surface area is 211 Å². The van der Waals surface area contributed by atoms with Crippen LogP contribution in [0.2, 0.25) is 0 Å². The quantitative estimate of drug-likeness (QED) is 0.384. The van der Waals surface area contributed by atoms with Gasteiger partial charge in [-0.05, 0) is 34.9 Å². The molecule has 5 nitrogen and oxygen atoms in total. The number of hydrogen-bond donors (Lipinski definition) is 1. The molecule has 1 N–H and O–H groups in total. The van der Waals surface area contributed by atoms with E-state index in [2.05, 4.69) is 91.5 Å². The Morgan fingerprint density at radius 1 is 1.00 bits per heavy atom. The number of imidazole rings is 1. The zero-order valence-corrected chi connectivity index (χ0v) is 22.9. The van der Waals surface area contributed by atoms with Crippen LogP contribution < -0.4 is 5.62 Å². The lowest BCUT2D eigenvalue weighted by Crippen LogP contribution is -2.29. The summed E-state index contributed by atoms with van der Waals surface area (Å²) in [5.74, 6) is 0.272. The van der Waals surface area contributed by atoms with Gasteiger partial charge in [-0.2, -0.15) is 4.02 Å². The molecule has 3 aromatic rings. The van der Waals surface area contributed by atoms with E-state index in [0.29, 0.717) is 17.7 Å². The summed E-state index contributed by atoms with van der Waals surface area (Å²) >= 11 is 3.29. The maximum Gasteiger partial charge on any atom is 0.217 e. The number of phenolic OH excluding ortho intramolecular Hbond substituents is 1. The minimum absolute atomic E-state index is 0.00874. The van der Waals surface area contributed by atoms with Crippen molar-refractivity contribution in [3.8, 4) is 5.75 Å². The first-order valence-electron chi connectivity index (χ1n) is 11.8. The van der Waals surface area contributed by atoms with Gasteiger partial charge < -0.3 is 14.2 Å². The smallest absolute Gasteiger partial charge is 0.217 e. The molecule has 182 valence electrons. The number of rotatable bonds is 6. The lowest BCUT2D eigenvalue weighted by Gasteiger charge is -2.28. The molecular formula is C28H36BrN3O2. The maximum absolute atomic E-state index is 13.6. The molecule has 3 rings (SSSR count). The van der Waals surface area contributed by atoms with Crippen LogP contribution >= 0.6 is 16.1 Å². The van der Waals surface area contributed by atoms with E-state index in [1.807, 2.05) is 34.9 Å². The Morgan fingerprint density at radius 3 is 2.03 bits per heavy atom. The number of carbonyl (C=O) groups excluding carboxylic acids is 1. The predicted molar refractivity (Wildman–Crippen MR) is 142 cm³/mol. The first-order valence-corrected chi connectivity index (χ1v) is 12.5. The van der Waals surface area contributed by atoms with Crippen molar-refractivity contribution in [1.29, 1.82) is 0 Å². The van der Waals surface area contributed by atoms with E-state index >= 15 is 0 Å². The predicted octanol–water partition coefficient (Wildman–Crippen LogP) is 6.29. The summed E-state index contributed by atoms with van der Waals surface area (Å²) < 4.78 is 8.39. The largest absolute Gasteiger partial charge is 0.507 e. The van der Waals surface area contributed by atoms with E-state index in [9.17, 15) is 9.90 Å². The molecule has 0 saturated heterocycles. The number of aryl methyl sites for hydroxylation is 1. The monoisotopic (exact) mass is 525 g/mol. The third kappa shape index (κ3) is 5.54. The Bertz CT molecular complexity index is 1200. The fourth-order valence-electron chi connectivity index (χ4n) is 4.21. The Balaban J connectivity index is 2.06. The van der Waals surface area contributed by atoms with E-state index in [-0.39, 0.29) is 28.9 Å². The van der Waals surface area contributed by atoms with Crippen LogP contribution in [0.25, 0.3) is 0 Å². The van der Waals surface area contributed by atoms with Crippen molar-refractivity contribution in [3.05, 3.63) is 82.2 Å². The fourth-order valence-corrected chi connectivity index (χ4v) is 4.60. The van der Waals surface area contributed by atoms with Crippen molar-refractivity contribution in [2.75, 3.05) is 0 Å². The van der Waals surface area contributed by atoms with E-state index in [0.717, 1.165) is 23.2 Å². The number of Topliss-reactive ketones (excluding diaryl/α,β-unsaturated/α-hetero) is 1. The molecule has 2 aromatic carbocycles. The average Bonchev–Trinajstić information content (AvgIpc) is 3.08. The first kappa shape index (κ1) is 26.0. The number of hydrogen-bond acceptors (Lipinski definition) is 3. The molecule has 0 aliphatic heterocycles. The second-order valence-electron chi connectivity index (χ2n) is 10.9. The van der Waals surface area contributed by atoms with Gasteiger partial charge >= 0.3 is 0 Å². The first-order chi connectivity index (χ1) is 15.9. The van der Waals surface area contributed by atoms with Crippen LogP contribution in [0.3, 0.4) is 0 Å². The molecule has 1 heterocycles. The normalized spacial score (nSPS) is 12.9. The van der Waals surface area contributed by atoms with E-state index < -0.39 is 0 Å². The van der Waals surface area contributed by atoms with Crippen LogP contribution in [0.15, 0.2) is 52.7 Å². The van der Waals surface area contributed by atoms with Gasteiger partial charge in [0.15, 0.2) is 5.78 Å². The summed E-state index contributed by atoms with van der Waals surface area (Å²) in [5, 5.41) is 11.0. The highest BCUT2D eigenvalue weighted by atomic mass is 79.9. The van der Waals surface area contributed by atoms with Gasteiger partial charge in [-0.1, -0.05) is 78.8 Å². The summed E-state index contributed by atoms with van der Waals surface area (Å²) in [5.41, 5.74) is 4.49. The average molecular weight is 527 g/mol. The summed E-state index contributed by atoms with van der Waals surface area (Å²) in [4.78, 5) is 13.6. The van der Waals surface area contributed by atoms with Gasteiger partial charge in [0.25, 0.3) is 0 Å². The molecule has 0 saturated carbocycles. The Morgan fingerprint density at radius 2 is 1.56 bits per heavy atom. The molecule has 0 amide bonds. The number of halogens is 1. The molecular weight excluding hydrogens is 490 g/mol. The Kier molecular flexibility index (Phi) is 7.61. The molecule has 0 aliphatic carbocycles. The van der Waals surface area contributed by atoms with Crippen molar-refractivity contribution < 1.29 is 9.90 Å². The molecule has 0 atom stereocenters. The highest BCUT2D eigenvalue weighted by Gasteiger charge is 2.28. The summed E-state index contributed by atoms with van der Waals surface area (Å²) in [6, 6.07) is 13.9. The van der Waals surface area contributed by atoms with Crippen LogP contribution in [-0.2, 0) is 30.3 Å². The molecule has 1 aromatic heterocycles. The third-order valence-corrected chi connectivity index (χ3v) is 6.45. The number of nitrogens with zero attached hydrogens (tertiary/aromatic N) is 3. The van der Waals surface area contributed by atoms with Crippen LogP contribution in [0, 0.1) is 0 Å². The summed E-state index contributed by atoms with van der Waals surface area (Å²) in [6.45, 7) is 15.2. The van der Waals surface area contributed by atoms with Gasteiger partial charge in [-0.15, -0.1) is 0 Å². The number of benzene rings is 2. The van der Waals surface area contributed by atoms with Gasteiger partial charge in [0.1, 0.15) is 5.75 Å². The molecule has 0 spiro atoms. The van der Waals surface area contributed by atoms with E-state index in [1.54, 1.807) is 0 Å². The lowest BCUT2D eigenvalue weighted by molar-refractivity contribution is 0.0969. The SMILES string of the molecule is CCc1cn(Cc2ccccc2)c(=NBr)n1CC(=O)c1cc(C(C)(C)C)c(O)c(C(C)(C)C)c1. The highest BCUT2D eigenvalue weighted by molar-refractivity contribution is 9.08. The minimum Gasteiger partial charge on any atom is -0.507 e. The molecule has 0 unspecified atom stereocenters. The maximum atomic E-state index is 13.6. The minimum atomic E-state index is -0.294. The highest BCUT2D eigenvalue weighted by Crippen LogP contribution is 2.39. The van der Waals surface area contributed by atoms with Crippen molar-refractivity contribution >= 4 is 21.9 Å². The van der Waals surface area contributed by atoms with Gasteiger partial charge in [-0.25, -0.2) is 0 Å². The van der Waals surface area contributed by atoms with Crippen LogP contribution in [0.1, 0.15) is 81.2 Å². The van der Waals surface area contributed by atoms with E-state index in [1.165, 1.54) is 5.56 Å². The summed E-state index contributed by atoms with van der Waals surface area (Å²) in [6.07, 6.45) is 2.85. The second-order valence-corrected chi connectivity index (χ2v) is 11.3. The van der Waals surface area contributed by atoms with Crippen LogP contribution in [0.5, 0.6) is 5.75 Å². The van der Waals surface area contributed by atoms with Gasteiger partial charge in [-0.3, -0.25) is 4.79 Å². The van der Waals surface area contributed by atoms with Crippen LogP contribution in [0.4, 0.5) is 0 Å². The molecule has 0 radical (unpaired) electrons. The van der Waals surface area contributed by atoms with Gasteiger partial charge in [0.05, 0.1) is 29.2 Å². The standard InChI is InChI=1S/C28H36BrN3O2/c1-8-21-17-31(16-19-12-10-9-11-13-19)26(30-29)32(21)18-24(33)20-14-22(27(2,3)4)25(34)23(15-20)28(5,6)7/h9-15,17,34H,8,16,18H2,1-7H3. The van der Waals surface area contributed by atoms with Crippen molar-refractivity contribution in [2.45, 2.75) is 78.8 Å². The van der Waals surface area contributed by atoms with Gasteiger partial charge in [0.2, 0.25) is 5.62 Å². The van der Waals surface area contributed by atoms with Crippen molar-refractivity contribution in [2.24, 2.45) is 4.02 Å². The molecule has 0 bridgehead atoms. The third-order valence-electron chi connectivity index (χ3n) is 6.13. The number of aromatic nitrogens is 2. The Hall–Kier alpha value is -2.60. The van der Waals surface area contributed by atoms with E-state index in [4.69, 9.17) is 0 Å². The number of phenols is 1. The fraction of sp³-hybridized carbons (Fsp3) is 0.429. The van der Waals surface area contributed by atoms with Crippen molar-refractivity contribution in [1.82, 2.24) is 9.13 Å². The topological polar surface area (TPSA) is 59.5 Å². The van der Waals surface area contributed by atoms with Crippen LogP contribution in [-0.4, -0.2) is 20.0 Å². The number of carbonyl (C=O) groups is 1. The number of ketones is 1.